The molecule has 1 amide bonds. The first-order valence-electron chi connectivity index (χ1n) is 7.28. The highest BCUT2D eigenvalue weighted by molar-refractivity contribution is 5.94. The number of carbonyl (C=O) groups excluding carboxylic acids is 1. The lowest BCUT2D eigenvalue weighted by molar-refractivity contribution is -0.0498. The molecule has 3 aromatic rings. The molecule has 0 spiro atoms. The molecule has 0 unspecified atom stereocenters. The number of para-hydroxylation sites is 2. The number of nitrogens with zero attached hydrogens (tertiary/aromatic N) is 2. The number of halogens is 2. The Morgan fingerprint density at radius 1 is 1.25 bits per heavy atom. The van der Waals surface area contributed by atoms with Gasteiger partial charge in [-0.3, -0.25) is 4.79 Å². The van der Waals surface area contributed by atoms with Crippen LogP contribution in [0, 0.1) is 0 Å². The third-order valence-electron chi connectivity index (χ3n) is 3.61. The number of hydrogen-bond donors (Lipinski definition) is 1. The van der Waals surface area contributed by atoms with Crippen molar-refractivity contribution in [3.63, 3.8) is 0 Å². The Labute approximate surface area is 136 Å². The molecule has 0 bridgehead atoms. The van der Waals surface area contributed by atoms with Gasteiger partial charge < -0.3 is 14.6 Å². The van der Waals surface area contributed by atoms with Crippen molar-refractivity contribution in [3.05, 3.63) is 59.9 Å². The first-order valence-corrected chi connectivity index (χ1v) is 7.28. The lowest BCUT2D eigenvalue weighted by Gasteiger charge is -2.08. The van der Waals surface area contributed by atoms with Crippen LogP contribution in [-0.4, -0.2) is 22.1 Å². The van der Waals surface area contributed by atoms with E-state index in [0.29, 0.717) is 5.82 Å². The summed E-state index contributed by atoms with van der Waals surface area (Å²) in [5, 5.41) is 2.73. The Balaban J connectivity index is 1.72. The highest BCUT2D eigenvalue weighted by atomic mass is 19.3. The van der Waals surface area contributed by atoms with Crippen LogP contribution in [-0.2, 0) is 13.6 Å². The molecule has 1 heterocycles. The van der Waals surface area contributed by atoms with Crippen molar-refractivity contribution < 1.29 is 18.3 Å². The predicted molar refractivity (Wildman–Crippen MR) is 85.0 cm³/mol. The van der Waals surface area contributed by atoms with Gasteiger partial charge in [-0.25, -0.2) is 4.98 Å². The molecular weight excluding hydrogens is 316 g/mol. The lowest BCUT2D eigenvalue weighted by atomic mass is 10.2. The normalized spacial score (nSPS) is 11.0. The monoisotopic (exact) mass is 331 g/mol. The maximum Gasteiger partial charge on any atom is 0.387 e. The number of fused-ring (bicyclic) bond motifs is 1. The largest absolute Gasteiger partial charge is 0.435 e. The van der Waals surface area contributed by atoms with Gasteiger partial charge in [0.1, 0.15) is 11.6 Å². The maximum atomic E-state index is 12.2. The number of ether oxygens (including phenoxy) is 1. The molecule has 0 atom stereocenters. The third kappa shape index (κ3) is 3.34. The summed E-state index contributed by atoms with van der Waals surface area (Å²) in [6.45, 7) is -2.70. The molecule has 1 aromatic heterocycles. The van der Waals surface area contributed by atoms with Crippen LogP contribution < -0.4 is 10.1 Å². The maximum absolute atomic E-state index is 12.2. The number of alkyl halides is 2. The summed E-state index contributed by atoms with van der Waals surface area (Å²) < 4.78 is 30.7. The summed E-state index contributed by atoms with van der Waals surface area (Å²) in [5.41, 5.74) is 2.05. The zero-order valence-electron chi connectivity index (χ0n) is 12.9. The van der Waals surface area contributed by atoms with Gasteiger partial charge in [0.2, 0.25) is 0 Å². The first-order chi connectivity index (χ1) is 11.5. The zero-order chi connectivity index (χ0) is 17.1. The van der Waals surface area contributed by atoms with E-state index in [1.165, 1.54) is 24.3 Å². The highest BCUT2D eigenvalue weighted by Crippen LogP contribution is 2.17. The molecular formula is C17H15F2N3O2. The summed E-state index contributed by atoms with van der Waals surface area (Å²) in [4.78, 5) is 16.7. The summed E-state index contributed by atoms with van der Waals surface area (Å²) in [7, 11) is 1.87. The molecule has 3 rings (SSSR count). The van der Waals surface area contributed by atoms with E-state index in [4.69, 9.17) is 0 Å². The fraction of sp³-hybridized carbons (Fsp3) is 0.176. The summed E-state index contributed by atoms with van der Waals surface area (Å²) in [6, 6.07) is 13.3. The standard InChI is InChI=1S/C17H15F2N3O2/c1-22-14-8-3-2-7-13(14)21-15(22)10-20-16(23)11-5-4-6-12(9-11)24-17(18)19/h2-9,17H,10H2,1H3,(H,20,23). The molecule has 0 aliphatic carbocycles. The lowest BCUT2D eigenvalue weighted by Crippen LogP contribution is -2.24. The van der Waals surface area contributed by atoms with Gasteiger partial charge in [-0.2, -0.15) is 8.78 Å². The zero-order valence-corrected chi connectivity index (χ0v) is 12.9. The fourth-order valence-electron chi connectivity index (χ4n) is 2.43. The third-order valence-corrected chi connectivity index (χ3v) is 3.61. The Morgan fingerprint density at radius 2 is 2.04 bits per heavy atom. The van der Waals surface area contributed by atoms with E-state index in [9.17, 15) is 13.6 Å². The number of aromatic nitrogens is 2. The summed E-state index contributed by atoms with van der Waals surface area (Å²) >= 11 is 0. The Morgan fingerprint density at radius 3 is 2.79 bits per heavy atom. The van der Waals surface area contributed by atoms with E-state index in [1.807, 2.05) is 35.9 Å². The second-order valence-electron chi connectivity index (χ2n) is 5.16. The second kappa shape index (κ2) is 6.66. The van der Waals surface area contributed by atoms with Crippen LogP contribution in [0.4, 0.5) is 8.78 Å². The molecule has 5 nitrogen and oxygen atoms in total. The molecule has 24 heavy (non-hydrogen) atoms. The molecule has 0 saturated heterocycles. The second-order valence-corrected chi connectivity index (χ2v) is 5.16. The average Bonchev–Trinajstić information content (AvgIpc) is 2.89. The van der Waals surface area contributed by atoms with Gasteiger partial charge in [0.05, 0.1) is 17.6 Å². The molecule has 0 aliphatic heterocycles. The van der Waals surface area contributed by atoms with E-state index >= 15 is 0 Å². The number of rotatable bonds is 5. The smallest absolute Gasteiger partial charge is 0.387 e. The van der Waals surface area contributed by atoms with Gasteiger partial charge in [0.25, 0.3) is 5.91 Å². The Bertz CT molecular complexity index is 877. The van der Waals surface area contributed by atoms with Gasteiger partial charge in [-0.15, -0.1) is 0 Å². The van der Waals surface area contributed by atoms with Gasteiger partial charge in [-0.05, 0) is 30.3 Å². The molecule has 1 N–H and O–H groups in total. The van der Waals surface area contributed by atoms with Gasteiger partial charge in [0, 0.05) is 12.6 Å². The molecule has 124 valence electrons. The topological polar surface area (TPSA) is 56.2 Å². The van der Waals surface area contributed by atoms with Crippen molar-refractivity contribution in [1.29, 1.82) is 0 Å². The van der Waals surface area contributed by atoms with E-state index in [0.717, 1.165) is 11.0 Å². The van der Waals surface area contributed by atoms with Crippen molar-refractivity contribution in [1.82, 2.24) is 14.9 Å². The quantitative estimate of drug-likeness (QED) is 0.781. The van der Waals surface area contributed by atoms with Crippen molar-refractivity contribution in [2.75, 3.05) is 0 Å². The Kier molecular flexibility index (Phi) is 4.41. The van der Waals surface area contributed by atoms with Crippen LogP contribution in [0.2, 0.25) is 0 Å². The molecule has 2 aromatic carbocycles. The van der Waals surface area contributed by atoms with Crippen LogP contribution in [0.3, 0.4) is 0 Å². The van der Waals surface area contributed by atoms with Crippen LogP contribution in [0.15, 0.2) is 48.5 Å². The summed E-state index contributed by atoms with van der Waals surface area (Å²) in [5.74, 6) is 0.256. The SMILES string of the molecule is Cn1c(CNC(=O)c2cccc(OC(F)F)c2)nc2ccccc21. The van der Waals surface area contributed by atoms with Crippen LogP contribution in [0.5, 0.6) is 5.75 Å². The number of carbonyl (C=O) groups is 1. The molecule has 0 aliphatic rings. The first kappa shape index (κ1) is 15.9. The minimum Gasteiger partial charge on any atom is -0.435 e. The predicted octanol–water partition coefficient (Wildman–Crippen LogP) is 3.10. The van der Waals surface area contributed by atoms with E-state index < -0.39 is 6.61 Å². The number of imidazole rings is 1. The van der Waals surface area contributed by atoms with E-state index in [2.05, 4.69) is 15.0 Å². The average molecular weight is 331 g/mol. The number of aryl methyl sites for hydroxylation is 1. The minimum absolute atomic E-state index is 0.0552. The van der Waals surface area contributed by atoms with Crippen LogP contribution in [0.1, 0.15) is 16.2 Å². The summed E-state index contributed by atoms with van der Waals surface area (Å²) in [6.07, 6.45) is 0. The van der Waals surface area contributed by atoms with Gasteiger partial charge in [0.15, 0.2) is 0 Å². The number of hydrogen-bond acceptors (Lipinski definition) is 3. The van der Waals surface area contributed by atoms with Gasteiger partial charge >= 0.3 is 6.61 Å². The molecule has 0 radical (unpaired) electrons. The molecule has 0 saturated carbocycles. The molecule has 7 heteroatoms. The number of amides is 1. The Hall–Kier alpha value is -2.96. The van der Waals surface area contributed by atoms with Gasteiger partial charge in [-0.1, -0.05) is 18.2 Å². The minimum atomic E-state index is -2.93. The number of nitrogens with one attached hydrogen (secondary N) is 1. The van der Waals surface area contributed by atoms with Crippen molar-refractivity contribution >= 4 is 16.9 Å². The van der Waals surface area contributed by atoms with Crippen LogP contribution in [0.25, 0.3) is 11.0 Å². The fourth-order valence-corrected chi connectivity index (χ4v) is 2.43. The highest BCUT2D eigenvalue weighted by Gasteiger charge is 2.12. The molecule has 0 fully saturated rings. The van der Waals surface area contributed by atoms with Crippen molar-refractivity contribution in [2.24, 2.45) is 7.05 Å². The van der Waals surface area contributed by atoms with Crippen LogP contribution >= 0.6 is 0 Å². The number of benzene rings is 2. The van der Waals surface area contributed by atoms with Crippen molar-refractivity contribution in [2.45, 2.75) is 13.2 Å². The van der Waals surface area contributed by atoms with E-state index in [-0.39, 0.29) is 23.8 Å². The van der Waals surface area contributed by atoms with Crippen molar-refractivity contribution in [3.8, 4) is 5.75 Å². The van der Waals surface area contributed by atoms with E-state index in [1.54, 1.807) is 0 Å².